The van der Waals surface area contributed by atoms with E-state index in [0.29, 0.717) is 19.1 Å². The Balaban J connectivity index is 1.69. The van der Waals surface area contributed by atoms with E-state index in [4.69, 9.17) is 4.74 Å². The van der Waals surface area contributed by atoms with Crippen molar-refractivity contribution in [2.24, 2.45) is 10.9 Å². The van der Waals surface area contributed by atoms with Gasteiger partial charge in [-0.15, -0.1) is 0 Å². The van der Waals surface area contributed by atoms with Gasteiger partial charge in [0, 0.05) is 13.1 Å². The summed E-state index contributed by atoms with van der Waals surface area (Å²) in [5, 5.41) is 10.9. The van der Waals surface area contributed by atoms with Gasteiger partial charge in [-0.3, -0.25) is 0 Å². The van der Waals surface area contributed by atoms with E-state index in [-0.39, 0.29) is 0 Å². The highest BCUT2D eigenvalue weighted by atomic mass is 32.1. The van der Waals surface area contributed by atoms with Crippen LogP contribution in [0.15, 0.2) is 52.2 Å². The van der Waals surface area contributed by atoms with Gasteiger partial charge in [-0.25, -0.2) is 4.99 Å². The molecular formula is C19H27N3OS. The Hall–Kier alpha value is -1.85. The number of rotatable bonds is 9. The van der Waals surface area contributed by atoms with E-state index < -0.39 is 0 Å². The molecule has 0 fully saturated rings. The number of nitrogens with zero attached hydrogens (tertiary/aromatic N) is 1. The number of benzene rings is 1. The lowest BCUT2D eigenvalue weighted by Crippen LogP contribution is -2.40. The molecule has 0 aliphatic carbocycles. The number of hydrogen-bond donors (Lipinski definition) is 2. The Bertz CT molecular complexity index is 584. The van der Waals surface area contributed by atoms with Crippen LogP contribution in [0.2, 0.25) is 0 Å². The van der Waals surface area contributed by atoms with Crippen molar-refractivity contribution in [2.45, 2.75) is 27.0 Å². The van der Waals surface area contributed by atoms with Gasteiger partial charge in [0.05, 0.1) is 19.8 Å². The van der Waals surface area contributed by atoms with Crippen molar-refractivity contribution < 1.29 is 4.74 Å². The lowest BCUT2D eigenvalue weighted by Gasteiger charge is -2.16. The van der Waals surface area contributed by atoms with Gasteiger partial charge < -0.3 is 15.4 Å². The maximum Gasteiger partial charge on any atom is 0.191 e. The molecule has 2 N–H and O–H groups in total. The summed E-state index contributed by atoms with van der Waals surface area (Å²) in [6.07, 6.45) is 0. The van der Waals surface area contributed by atoms with Crippen LogP contribution in [0.25, 0.3) is 0 Å². The van der Waals surface area contributed by atoms with Gasteiger partial charge >= 0.3 is 0 Å². The highest BCUT2D eigenvalue weighted by molar-refractivity contribution is 7.07. The van der Waals surface area contributed by atoms with Gasteiger partial charge in [0.15, 0.2) is 5.96 Å². The van der Waals surface area contributed by atoms with Gasteiger partial charge in [-0.05, 0) is 40.8 Å². The number of hydrogen-bond acceptors (Lipinski definition) is 3. The van der Waals surface area contributed by atoms with E-state index in [1.165, 1.54) is 11.1 Å². The van der Waals surface area contributed by atoms with Crippen LogP contribution in [0.1, 0.15) is 25.0 Å². The molecular weight excluding hydrogens is 318 g/mol. The van der Waals surface area contributed by atoms with Crippen molar-refractivity contribution in [1.29, 1.82) is 0 Å². The third-order valence-electron chi connectivity index (χ3n) is 3.48. The summed E-state index contributed by atoms with van der Waals surface area (Å²) >= 11 is 1.70. The van der Waals surface area contributed by atoms with Gasteiger partial charge in [0.2, 0.25) is 0 Å². The van der Waals surface area contributed by atoms with Crippen LogP contribution < -0.4 is 10.6 Å². The minimum absolute atomic E-state index is 0.415. The van der Waals surface area contributed by atoms with Crippen LogP contribution in [-0.2, 0) is 17.9 Å². The molecule has 0 amide bonds. The highest BCUT2D eigenvalue weighted by Crippen LogP contribution is 2.07. The fourth-order valence-corrected chi connectivity index (χ4v) is 2.84. The minimum atomic E-state index is 0.415. The second-order valence-electron chi connectivity index (χ2n) is 5.81. The number of guanidine groups is 1. The molecule has 4 nitrogen and oxygen atoms in total. The fourth-order valence-electron chi connectivity index (χ4n) is 2.18. The number of ether oxygens (including phenoxy) is 1. The number of nitrogens with one attached hydrogen (secondary N) is 2. The lowest BCUT2D eigenvalue weighted by atomic mass is 10.2. The number of thiophene rings is 1. The zero-order chi connectivity index (χ0) is 17.0. The molecule has 1 heterocycles. The third-order valence-corrected chi connectivity index (χ3v) is 4.21. The Kier molecular flexibility index (Phi) is 8.35. The van der Waals surface area contributed by atoms with E-state index in [2.05, 4.69) is 58.4 Å². The Morgan fingerprint density at radius 2 is 2.00 bits per heavy atom. The van der Waals surface area contributed by atoms with Crippen molar-refractivity contribution in [3.05, 3.63) is 58.3 Å². The van der Waals surface area contributed by atoms with Crippen molar-refractivity contribution in [3.63, 3.8) is 0 Å². The molecule has 24 heavy (non-hydrogen) atoms. The van der Waals surface area contributed by atoms with E-state index in [9.17, 15) is 0 Å². The van der Waals surface area contributed by atoms with E-state index in [0.717, 1.165) is 25.7 Å². The normalized spacial score (nSPS) is 12.8. The summed E-state index contributed by atoms with van der Waals surface area (Å²) in [7, 11) is 0. The van der Waals surface area contributed by atoms with Crippen LogP contribution in [-0.4, -0.2) is 25.7 Å². The molecule has 1 aromatic heterocycles. The van der Waals surface area contributed by atoms with E-state index in [1.54, 1.807) is 11.3 Å². The highest BCUT2D eigenvalue weighted by Gasteiger charge is 2.05. The average molecular weight is 346 g/mol. The van der Waals surface area contributed by atoms with Gasteiger partial charge in [0.1, 0.15) is 0 Å². The topological polar surface area (TPSA) is 45.7 Å². The van der Waals surface area contributed by atoms with Crippen molar-refractivity contribution in [1.82, 2.24) is 10.6 Å². The predicted molar refractivity (Wildman–Crippen MR) is 102 cm³/mol. The third kappa shape index (κ3) is 7.15. The summed E-state index contributed by atoms with van der Waals surface area (Å²) in [5.74, 6) is 1.28. The fraction of sp³-hybridized carbons (Fsp3) is 0.421. The molecule has 1 atom stereocenters. The minimum Gasteiger partial charge on any atom is -0.376 e. The van der Waals surface area contributed by atoms with Crippen molar-refractivity contribution in [2.75, 3.05) is 19.7 Å². The second-order valence-corrected chi connectivity index (χ2v) is 6.59. The monoisotopic (exact) mass is 345 g/mol. The van der Waals surface area contributed by atoms with Crippen LogP contribution >= 0.6 is 11.3 Å². The van der Waals surface area contributed by atoms with Crippen LogP contribution in [0, 0.1) is 5.92 Å². The SMILES string of the molecule is CCNC(=NCc1ccsc1)NCC(C)COCc1ccccc1. The standard InChI is InChI=1S/C19H27N3OS/c1-3-20-19(22-12-18-9-10-24-15-18)21-11-16(2)13-23-14-17-7-5-4-6-8-17/h4-10,15-16H,3,11-14H2,1-2H3,(H2,20,21,22). The van der Waals surface area contributed by atoms with E-state index >= 15 is 0 Å². The molecule has 0 spiro atoms. The maximum atomic E-state index is 5.79. The Morgan fingerprint density at radius 3 is 2.71 bits per heavy atom. The molecule has 0 saturated heterocycles. The summed E-state index contributed by atoms with van der Waals surface area (Å²) in [4.78, 5) is 4.62. The smallest absolute Gasteiger partial charge is 0.191 e. The molecule has 0 radical (unpaired) electrons. The zero-order valence-corrected chi connectivity index (χ0v) is 15.3. The van der Waals surface area contributed by atoms with Gasteiger partial charge in [-0.2, -0.15) is 11.3 Å². The predicted octanol–water partition coefficient (Wildman–Crippen LogP) is 3.66. The molecule has 130 valence electrons. The van der Waals surface area contributed by atoms with Crippen LogP contribution in [0.3, 0.4) is 0 Å². The first-order valence-corrected chi connectivity index (χ1v) is 9.37. The first-order valence-electron chi connectivity index (χ1n) is 8.43. The first kappa shape index (κ1) is 18.5. The quantitative estimate of drug-likeness (QED) is 0.538. The molecule has 2 aromatic rings. The Morgan fingerprint density at radius 1 is 1.17 bits per heavy atom. The summed E-state index contributed by atoms with van der Waals surface area (Å²) in [5.41, 5.74) is 2.46. The molecule has 0 aliphatic rings. The van der Waals surface area contributed by atoms with Crippen molar-refractivity contribution >= 4 is 17.3 Å². The largest absolute Gasteiger partial charge is 0.376 e. The van der Waals surface area contributed by atoms with Gasteiger partial charge in [-0.1, -0.05) is 37.3 Å². The molecule has 0 aliphatic heterocycles. The van der Waals surface area contributed by atoms with Crippen LogP contribution in [0.5, 0.6) is 0 Å². The summed E-state index contributed by atoms with van der Waals surface area (Å²) in [6, 6.07) is 12.4. The molecule has 1 aromatic carbocycles. The lowest BCUT2D eigenvalue weighted by molar-refractivity contribution is 0.0931. The molecule has 1 unspecified atom stereocenters. The van der Waals surface area contributed by atoms with E-state index in [1.807, 2.05) is 18.2 Å². The Labute approximate surface area is 149 Å². The molecule has 0 saturated carbocycles. The van der Waals surface area contributed by atoms with Crippen LogP contribution in [0.4, 0.5) is 0 Å². The zero-order valence-electron chi connectivity index (χ0n) is 14.5. The summed E-state index contributed by atoms with van der Waals surface area (Å²) < 4.78 is 5.79. The van der Waals surface area contributed by atoms with Crippen molar-refractivity contribution in [3.8, 4) is 0 Å². The maximum absolute atomic E-state index is 5.79. The second kappa shape index (κ2) is 10.8. The molecule has 5 heteroatoms. The molecule has 2 rings (SSSR count). The first-order chi connectivity index (χ1) is 11.8. The summed E-state index contributed by atoms with van der Waals surface area (Å²) in [6.45, 7) is 8.05. The average Bonchev–Trinajstić information content (AvgIpc) is 3.12. The number of aliphatic imine (C=N–C) groups is 1. The van der Waals surface area contributed by atoms with Gasteiger partial charge in [0.25, 0.3) is 0 Å². The molecule has 0 bridgehead atoms.